The number of benzene rings is 2. The van der Waals surface area contributed by atoms with Crippen LogP contribution >= 0.6 is 11.8 Å². The molecule has 1 aliphatic rings. The van der Waals surface area contributed by atoms with Crippen molar-refractivity contribution in [3.05, 3.63) is 70.5 Å². The van der Waals surface area contributed by atoms with Gasteiger partial charge < -0.3 is 4.74 Å². The van der Waals surface area contributed by atoms with Gasteiger partial charge in [0, 0.05) is 22.3 Å². The average Bonchev–Trinajstić information content (AvgIpc) is 2.80. The molecule has 120 valence electrons. The van der Waals surface area contributed by atoms with E-state index in [0.717, 1.165) is 40.4 Å². The highest BCUT2D eigenvalue weighted by Gasteiger charge is 2.18. The van der Waals surface area contributed by atoms with Crippen molar-refractivity contribution in [1.29, 1.82) is 0 Å². The van der Waals surface area contributed by atoms with Crippen LogP contribution in [0.25, 0.3) is 16.9 Å². The quantitative estimate of drug-likeness (QED) is 0.718. The van der Waals surface area contributed by atoms with Crippen LogP contribution in [0, 0.1) is 0 Å². The molecule has 0 spiro atoms. The van der Waals surface area contributed by atoms with Gasteiger partial charge in [-0.3, -0.25) is 4.79 Å². The van der Waals surface area contributed by atoms with Gasteiger partial charge in [-0.15, -0.1) is 11.8 Å². The van der Waals surface area contributed by atoms with E-state index in [9.17, 15) is 4.79 Å². The molecule has 0 N–H and O–H groups in total. The SMILES string of the molecule is COc1ccc(-n2nc3c(cc2=O)CCSc2ccccc2-3)cc1. The van der Waals surface area contributed by atoms with Crippen molar-refractivity contribution < 1.29 is 4.74 Å². The fourth-order valence-corrected chi connectivity index (χ4v) is 3.91. The largest absolute Gasteiger partial charge is 0.497 e. The number of nitrogens with zero attached hydrogens (tertiary/aromatic N) is 2. The second kappa shape index (κ2) is 6.17. The fourth-order valence-electron chi connectivity index (χ4n) is 2.88. The van der Waals surface area contributed by atoms with Crippen molar-refractivity contribution in [2.24, 2.45) is 0 Å². The number of ether oxygens (including phenoxy) is 1. The van der Waals surface area contributed by atoms with Crippen molar-refractivity contribution in [1.82, 2.24) is 9.78 Å². The lowest BCUT2D eigenvalue weighted by Crippen LogP contribution is -2.22. The van der Waals surface area contributed by atoms with Crippen LogP contribution in [0.3, 0.4) is 0 Å². The minimum Gasteiger partial charge on any atom is -0.497 e. The lowest BCUT2D eigenvalue weighted by molar-refractivity contribution is 0.414. The third kappa shape index (κ3) is 2.61. The molecule has 1 aromatic heterocycles. The Morgan fingerprint density at radius 2 is 1.92 bits per heavy atom. The van der Waals surface area contributed by atoms with E-state index in [4.69, 9.17) is 4.74 Å². The normalized spacial score (nSPS) is 12.9. The number of hydrogen-bond donors (Lipinski definition) is 0. The highest BCUT2D eigenvalue weighted by atomic mass is 32.2. The van der Waals surface area contributed by atoms with E-state index in [2.05, 4.69) is 17.2 Å². The minimum atomic E-state index is -0.108. The molecule has 24 heavy (non-hydrogen) atoms. The Morgan fingerprint density at radius 1 is 1.12 bits per heavy atom. The highest BCUT2D eigenvalue weighted by Crippen LogP contribution is 2.35. The molecule has 0 fully saturated rings. The van der Waals surface area contributed by atoms with Crippen LogP contribution in [0.4, 0.5) is 0 Å². The molecule has 2 heterocycles. The molecule has 2 aromatic carbocycles. The Hall–Kier alpha value is -2.53. The third-order valence-electron chi connectivity index (χ3n) is 4.10. The summed E-state index contributed by atoms with van der Waals surface area (Å²) in [4.78, 5) is 13.7. The van der Waals surface area contributed by atoms with Gasteiger partial charge >= 0.3 is 0 Å². The summed E-state index contributed by atoms with van der Waals surface area (Å²) < 4.78 is 6.64. The van der Waals surface area contributed by atoms with Crippen LogP contribution in [0.2, 0.25) is 0 Å². The molecular weight excluding hydrogens is 320 g/mol. The number of aromatic nitrogens is 2. The fraction of sp³-hybridized carbons (Fsp3) is 0.158. The van der Waals surface area contributed by atoms with E-state index in [1.54, 1.807) is 13.2 Å². The van der Waals surface area contributed by atoms with Crippen LogP contribution < -0.4 is 10.3 Å². The van der Waals surface area contributed by atoms with Gasteiger partial charge in [0.15, 0.2) is 0 Å². The van der Waals surface area contributed by atoms with Gasteiger partial charge in [-0.25, -0.2) is 0 Å². The smallest absolute Gasteiger partial charge is 0.271 e. The van der Waals surface area contributed by atoms with Crippen LogP contribution in [-0.2, 0) is 6.42 Å². The topological polar surface area (TPSA) is 44.1 Å². The molecule has 4 rings (SSSR count). The highest BCUT2D eigenvalue weighted by molar-refractivity contribution is 7.99. The number of thioether (sulfide) groups is 1. The Morgan fingerprint density at radius 3 is 2.71 bits per heavy atom. The van der Waals surface area contributed by atoms with Gasteiger partial charge in [0.25, 0.3) is 5.56 Å². The number of rotatable bonds is 2. The molecule has 3 aromatic rings. The maximum Gasteiger partial charge on any atom is 0.271 e. The first-order valence-corrected chi connectivity index (χ1v) is 8.75. The summed E-state index contributed by atoms with van der Waals surface area (Å²) in [6.45, 7) is 0. The van der Waals surface area contributed by atoms with Crippen LogP contribution in [0.1, 0.15) is 5.56 Å². The first kappa shape index (κ1) is 15.0. The van der Waals surface area contributed by atoms with Crippen molar-refractivity contribution in [2.75, 3.05) is 12.9 Å². The van der Waals surface area contributed by atoms with E-state index in [1.165, 1.54) is 9.58 Å². The van der Waals surface area contributed by atoms with Crippen LogP contribution in [-0.4, -0.2) is 22.6 Å². The van der Waals surface area contributed by atoms with Gasteiger partial charge in [-0.2, -0.15) is 9.78 Å². The van der Waals surface area contributed by atoms with E-state index in [0.29, 0.717) is 0 Å². The Kier molecular flexibility index (Phi) is 3.86. The van der Waals surface area contributed by atoms with Gasteiger partial charge in [-0.1, -0.05) is 18.2 Å². The van der Waals surface area contributed by atoms with Crippen LogP contribution in [0.5, 0.6) is 5.75 Å². The van der Waals surface area contributed by atoms with Crippen molar-refractivity contribution in [2.45, 2.75) is 11.3 Å². The zero-order valence-electron chi connectivity index (χ0n) is 13.2. The summed E-state index contributed by atoms with van der Waals surface area (Å²) >= 11 is 1.81. The third-order valence-corrected chi connectivity index (χ3v) is 5.17. The van der Waals surface area contributed by atoms with Crippen LogP contribution in [0.15, 0.2) is 64.3 Å². The molecule has 5 heteroatoms. The van der Waals surface area contributed by atoms with Crippen molar-refractivity contribution in [3.8, 4) is 22.7 Å². The molecule has 0 aliphatic carbocycles. The molecule has 0 amide bonds. The number of hydrogen-bond acceptors (Lipinski definition) is 4. The summed E-state index contributed by atoms with van der Waals surface area (Å²) in [6.07, 6.45) is 0.848. The van der Waals surface area contributed by atoms with E-state index >= 15 is 0 Å². The maximum absolute atomic E-state index is 12.5. The molecular formula is C19H16N2O2S. The lowest BCUT2D eigenvalue weighted by atomic mass is 10.1. The molecule has 4 nitrogen and oxygen atoms in total. The number of fused-ring (bicyclic) bond motifs is 3. The predicted octanol–water partition coefficient (Wildman–Crippen LogP) is 3.56. The molecule has 0 atom stereocenters. The molecule has 0 saturated carbocycles. The van der Waals surface area contributed by atoms with E-state index in [1.807, 2.05) is 48.2 Å². The Labute approximate surface area is 144 Å². The summed E-state index contributed by atoms with van der Waals surface area (Å²) in [7, 11) is 1.62. The van der Waals surface area contributed by atoms with E-state index < -0.39 is 0 Å². The van der Waals surface area contributed by atoms with Crippen molar-refractivity contribution in [3.63, 3.8) is 0 Å². The molecule has 0 unspecified atom stereocenters. The first-order valence-electron chi connectivity index (χ1n) is 7.76. The second-order valence-corrected chi connectivity index (χ2v) is 6.70. The minimum absolute atomic E-state index is 0.108. The van der Waals surface area contributed by atoms with Gasteiger partial charge in [0.2, 0.25) is 0 Å². The van der Waals surface area contributed by atoms with Crippen molar-refractivity contribution >= 4 is 11.8 Å². The standard InChI is InChI=1S/C19H16N2O2S/c1-23-15-8-6-14(7-9-15)21-18(22)12-13-10-11-24-17-5-3-2-4-16(17)19(13)20-21/h2-9,12H,10-11H2,1H3. The Bertz CT molecular complexity index is 948. The summed E-state index contributed by atoms with van der Waals surface area (Å²) in [6, 6.07) is 17.3. The summed E-state index contributed by atoms with van der Waals surface area (Å²) in [5.74, 6) is 1.71. The molecule has 0 saturated heterocycles. The molecule has 0 radical (unpaired) electrons. The van der Waals surface area contributed by atoms with Gasteiger partial charge in [-0.05, 0) is 42.3 Å². The van der Waals surface area contributed by atoms with Gasteiger partial charge in [0.1, 0.15) is 5.75 Å². The zero-order chi connectivity index (χ0) is 16.5. The average molecular weight is 336 g/mol. The zero-order valence-corrected chi connectivity index (χ0v) is 14.0. The molecule has 1 aliphatic heterocycles. The van der Waals surface area contributed by atoms with Gasteiger partial charge in [0.05, 0.1) is 18.5 Å². The summed E-state index contributed by atoms with van der Waals surface area (Å²) in [5, 5.41) is 4.69. The maximum atomic E-state index is 12.5. The number of methoxy groups -OCH3 is 1. The molecule has 0 bridgehead atoms. The predicted molar refractivity (Wildman–Crippen MR) is 96.3 cm³/mol. The Balaban J connectivity index is 1.90. The second-order valence-electron chi connectivity index (χ2n) is 5.56. The first-order chi connectivity index (χ1) is 11.8. The number of aryl methyl sites for hydroxylation is 1. The lowest BCUT2D eigenvalue weighted by Gasteiger charge is -2.11. The van der Waals surface area contributed by atoms with E-state index in [-0.39, 0.29) is 5.56 Å². The summed E-state index contributed by atoms with van der Waals surface area (Å²) in [5.41, 5.74) is 3.63. The monoisotopic (exact) mass is 336 g/mol.